The molecule has 0 N–H and O–H groups in total. The molecule has 0 aromatic heterocycles. The zero-order valence-electron chi connectivity index (χ0n) is 14.1. The molecule has 6 heteroatoms. The van der Waals surface area contributed by atoms with Crippen LogP contribution in [-0.2, 0) is 21.1 Å². The van der Waals surface area contributed by atoms with Gasteiger partial charge in [-0.15, -0.1) is 0 Å². The van der Waals surface area contributed by atoms with Crippen LogP contribution < -0.4 is 0 Å². The predicted molar refractivity (Wildman–Crippen MR) is 94.5 cm³/mol. The van der Waals surface area contributed by atoms with Crippen LogP contribution in [0.15, 0.2) is 30.3 Å². The van der Waals surface area contributed by atoms with Gasteiger partial charge in [-0.05, 0) is 31.4 Å². The van der Waals surface area contributed by atoms with Crippen molar-refractivity contribution in [2.45, 2.75) is 19.3 Å². The number of aryl methyl sites for hydroxylation is 1. The van der Waals surface area contributed by atoms with Crippen LogP contribution in [-0.4, -0.2) is 68.4 Å². The summed E-state index contributed by atoms with van der Waals surface area (Å²) in [6.45, 7) is 4.27. The normalized spacial score (nSPS) is 24.2. The first-order chi connectivity index (χ1) is 11.5. The van der Waals surface area contributed by atoms with Crippen molar-refractivity contribution in [3.05, 3.63) is 35.9 Å². The number of rotatable bonds is 5. The van der Waals surface area contributed by atoms with E-state index in [1.165, 1.54) is 5.56 Å². The summed E-state index contributed by atoms with van der Waals surface area (Å²) in [5.74, 6) is -0.0500. The lowest BCUT2D eigenvalue weighted by molar-refractivity contribution is -0.136. The van der Waals surface area contributed by atoms with Crippen molar-refractivity contribution in [2.75, 3.05) is 44.2 Å². The number of hydrogen-bond donors (Lipinski definition) is 0. The second-order valence-corrected chi connectivity index (χ2v) is 9.08. The fourth-order valence-corrected chi connectivity index (χ4v) is 5.32. The second kappa shape index (κ2) is 7.66. The number of carbonyl (C=O) groups excluding carboxylic acids is 1. The molecule has 0 unspecified atom stereocenters. The smallest absolute Gasteiger partial charge is 0.226 e. The first-order valence-corrected chi connectivity index (χ1v) is 10.6. The number of sulfone groups is 1. The van der Waals surface area contributed by atoms with Crippen LogP contribution in [0.2, 0.25) is 0 Å². The van der Waals surface area contributed by atoms with Crippen LogP contribution in [0.4, 0.5) is 0 Å². The summed E-state index contributed by atoms with van der Waals surface area (Å²) >= 11 is 0. The quantitative estimate of drug-likeness (QED) is 0.801. The fourth-order valence-electron chi connectivity index (χ4n) is 3.59. The summed E-state index contributed by atoms with van der Waals surface area (Å²) in [5, 5.41) is 0. The molecule has 2 fully saturated rings. The van der Waals surface area contributed by atoms with Crippen LogP contribution in [0.25, 0.3) is 0 Å². The summed E-state index contributed by atoms with van der Waals surface area (Å²) < 4.78 is 23.1. The van der Waals surface area contributed by atoms with E-state index < -0.39 is 9.84 Å². The van der Waals surface area contributed by atoms with Crippen LogP contribution in [0.3, 0.4) is 0 Å². The first-order valence-electron chi connectivity index (χ1n) is 8.79. The van der Waals surface area contributed by atoms with E-state index in [1.807, 2.05) is 11.0 Å². The van der Waals surface area contributed by atoms with Gasteiger partial charge in [-0.3, -0.25) is 9.69 Å². The highest BCUT2D eigenvalue weighted by atomic mass is 32.2. The van der Waals surface area contributed by atoms with Gasteiger partial charge in [-0.1, -0.05) is 30.3 Å². The SMILES string of the molecule is O=C([C@@H]1CCS(=O)(=O)C1)N1CCN(CCCc2ccccc2)CC1. The van der Waals surface area contributed by atoms with E-state index in [2.05, 4.69) is 29.2 Å². The van der Waals surface area contributed by atoms with Crippen molar-refractivity contribution in [1.82, 2.24) is 9.80 Å². The molecule has 0 aliphatic carbocycles. The van der Waals surface area contributed by atoms with E-state index in [1.54, 1.807) is 0 Å². The van der Waals surface area contributed by atoms with Gasteiger partial charge in [-0.2, -0.15) is 0 Å². The molecule has 2 saturated heterocycles. The maximum atomic E-state index is 12.4. The van der Waals surface area contributed by atoms with E-state index in [4.69, 9.17) is 0 Å². The monoisotopic (exact) mass is 350 g/mol. The Labute approximate surface area is 144 Å². The molecule has 2 aliphatic rings. The van der Waals surface area contributed by atoms with Gasteiger partial charge >= 0.3 is 0 Å². The van der Waals surface area contributed by atoms with Crippen molar-refractivity contribution >= 4 is 15.7 Å². The highest BCUT2D eigenvalue weighted by Crippen LogP contribution is 2.21. The lowest BCUT2D eigenvalue weighted by atomic mass is 10.1. The Bertz CT molecular complexity index is 652. The summed E-state index contributed by atoms with van der Waals surface area (Å²) in [6, 6.07) is 10.5. The van der Waals surface area contributed by atoms with Crippen molar-refractivity contribution in [2.24, 2.45) is 5.92 Å². The number of hydrogen-bond acceptors (Lipinski definition) is 4. The van der Waals surface area contributed by atoms with E-state index in [0.29, 0.717) is 6.42 Å². The number of nitrogens with zero attached hydrogens (tertiary/aromatic N) is 2. The molecule has 3 rings (SSSR count). The maximum Gasteiger partial charge on any atom is 0.226 e. The summed E-state index contributed by atoms with van der Waals surface area (Å²) in [7, 11) is -2.99. The van der Waals surface area contributed by atoms with Crippen molar-refractivity contribution < 1.29 is 13.2 Å². The van der Waals surface area contributed by atoms with Crippen LogP contribution in [0.1, 0.15) is 18.4 Å². The number of piperazine rings is 1. The molecule has 0 radical (unpaired) electrons. The molecule has 0 saturated carbocycles. The van der Waals surface area contributed by atoms with Gasteiger partial charge in [0.25, 0.3) is 0 Å². The highest BCUT2D eigenvalue weighted by molar-refractivity contribution is 7.91. The lowest BCUT2D eigenvalue weighted by Gasteiger charge is -2.35. The molecule has 132 valence electrons. The van der Waals surface area contributed by atoms with Crippen molar-refractivity contribution in [3.63, 3.8) is 0 Å². The van der Waals surface area contributed by atoms with Crippen LogP contribution in [0.5, 0.6) is 0 Å². The van der Waals surface area contributed by atoms with Crippen molar-refractivity contribution in [1.29, 1.82) is 0 Å². The molecule has 2 aliphatic heterocycles. The minimum absolute atomic E-state index is 0.0417. The second-order valence-electron chi connectivity index (χ2n) is 6.86. The third kappa shape index (κ3) is 4.57. The summed E-state index contributed by atoms with van der Waals surface area (Å²) in [6.07, 6.45) is 2.71. The molecule has 1 aromatic carbocycles. The molecule has 1 atom stereocenters. The van der Waals surface area contributed by atoms with Gasteiger partial charge in [0.2, 0.25) is 5.91 Å². The minimum Gasteiger partial charge on any atom is -0.340 e. The maximum absolute atomic E-state index is 12.4. The Kier molecular flexibility index (Phi) is 5.56. The molecule has 2 heterocycles. The number of benzene rings is 1. The molecule has 1 aromatic rings. The topological polar surface area (TPSA) is 57.7 Å². The molecule has 5 nitrogen and oxygen atoms in total. The van der Waals surface area contributed by atoms with Crippen LogP contribution in [0, 0.1) is 5.92 Å². The molecular weight excluding hydrogens is 324 g/mol. The van der Waals surface area contributed by atoms with Gasteiger partial charge in [-0.25, -0.2) is 8.42 Å². The van der Waals surface area contributed by atoms with Gasteiger partial charge in [0, 0.05) is 26.2 Å². The van der Waals surface area contributed by atoms with Gasteiger partial charge in [0.1, 0.15) is 0 Å². The molecule has 1 amide bonds. The van der Waals surface area contributed by atoms with Crippen molar-refractivity contribution in [3.8, 4) is 0 Å². The Morgan fingerprint density at radius 3 is 2.42 bits per heavy atom. The largest absolute Gasteiger partial charge is 0.340 e. The number of amides is 1. The average Bonchev–Trinajstić information content (AvgIpc) is 2.96. The van der Waals surface area contributed by atoms with E-state index >= 15 is 0 Å². The Morgan fingerprint density at radius 2 is 1.79 bits per heavy atom. The van der Waals surface area contributed by atoms with E-state index in [-0.39, 0.29) is 23.3 Å². The zero-order valence-corrected chi connectivity index (χ0v) is 14.9. The Morgan fingerprint density at radius 1 is 1.08 bits per heavy atom. The average molecular weight is 350 g/mol. The third-order valence-corrected chi connectivity index (χ3v) is 6.82. The highest BCUT2D eigenvalue weighted by Gasteiger charge is 2.36. The zero-order chi connectivity index (χ0) is 17.0. The van der Waals surface area contributed by atoms with E-state index in [0.717, 1.165) is 45.6 Å². The Balaban J connectivity index is 1.39. The van der Waals surface area contributed by atoms with E-state index in [9.17, 15) is 13.2 Å². The van der Waals surface area contributed by atoms with Crippen LogP contribution >= 0.6 is 0 Å². The molecule has 0 spiro atoms. The fraction of sp³-hybridized carbons (Fsp3) is 0.611. The first kappa shape index (κ1) is 17.4. The Hall–Kier alpha value is -1.40. The van der Waals surface area contributed by atoms with Gasteiger partial charge in [0.15, 0.2) is 9.84 Å². The molecule has 0 bridgehead atoms. The third-order valence-electron chi connectivity index (χ3n) is 5.05. The molecular formula is C18H26N2O3S. The predicted octanol–water partition coefficient (Wildman–Crippen LogP) is 1.20. The summed E-state index contributed by atoms with van der Waals surface area (Å²) in [5.41, 5.74) is 1.37. The standard InChI is InChI=1S/C18H26N2O3S/c21-18(17-8-14-24(22,23)15-17)20-12-10-19(11-13-20)9-4-7-16-5-2-1-3-6-16/h1-3,5-6,17H,4,7-15H2/t17-/m1/s1. The van der Waals surface area contributed by atoms with Gasteiger partial charge < -0.3 is 4.90 Å². The summed E-state index contributed by atoms with van der Waals surface area (Å²) in [4.78, 5) is 16.7. The minimum atomic E-state index is -2.99. The lowest BCUT2D eigenvalue weighted by Crippen LogP contribution is -2.50. The molecule has 24 heavy (non-hydrogen) atoms. The number of carbonyl (C=O) groups is 1. The van der Waals surface area contributed by atoms with Gasteiger partial charge in [0.05, 0.1) is 17.4 Å².